The van der Waals surface area contributed by atoms with Crippen molar-refractivity contribution in [3.63, 3.8) is 0 Å². The zero-order valence-electron chi connectivity index (χ0n) is 45.7. The maximum absolute atomic E-state index is 6.55. The summed E-state index contributed by atoms with van der Waals surface area (Å²) in [6.45, 7) is 0. The average molecular weight is 1070 g/mol. The Morgan fingerprint density at radius 2 is 0.548 bits per heavy atom. The molecule has 2 aliphatic rings. The van der Waals surface area contributed by atoms with Gasteiger partial charge in [-0.1, -0.05) is 224 Å². The van der Waals surface area contributed by atoms with Crippen molar-refractivity contribution in [2.24, 2.45) is 0 Å². The van der Waals surface area contributed by atoms with Gasteiger partial charge in [-0.3, -0.25) is 0 Å². The standard InChI is InChI=1S/C80H52N2O2/c1-3-14-53(15-4-1)56-32-40-62(41-33-56)81(63-46-38-60(39-47-63)67-48-49-71-68-20-7-9-24-75(68)83-77-26-12-22-70(67)79(71)77)66-19-11-18-61(52-66)59-30-28-55(29-31-59)58-36-44-65(45-37-58)82(64-42-34-57(35-43-64)54-16-5-2-6-17-54)74-51-50-72-69-21-8-10-25-76(69)84-78-27-13-23-73(74)80(72)78/h1-52H. The molecule has 2 aliphatic heterocycles. The van der Waals surface area contributed by atoms with Crippen molar-refractivity contribution in [1.82, 2.24) is 0 Å². The highest BCUT2D eigenvalue weighted by Crippen LogP contribution is 2.52. The molecule has 16 rings (SSSR count). The van der Waals surface area contributed by atoms with Crippen LogP contribution >= 0.6 is 0 Å². The van der Waals surface area contributed by atoms with Gasteiger partial charge in [0.2, 0.25) is 0 Å². The highest BCUT2D eigenvalue weighted by Gasteiger charge is 2.26. The van der Waals surface area contributed by atoms with Gasteiger partial charge in [0.25, 0.3) is 0 Å². The van der Waals surface area contributed by atoms with Crippen molar-refractivity contribution in [2.75, 3.05) is 9.80 Å². The summed E-state index contributed by atoms with van der Waals surface area (Å²) in [5.41, 5.74) is 22.6. The van der Waals surface area contributed by atoms with E-state index in [4.69, 9.17) is 9.47 Å². The molecule has 0 atom stereocenters. The number of para-hydroxylation sites is 2. The van der Waals surface area contributed by atoms with Crippen LogP contribution < -0.4 is 19.3 Å². The third-order valence-electron chi connectivity index (χ3n) is 16.7. The fourth-order valence-corrected chi connectivity index (χ4v) is 12.6. The Labute approximate surface area is 488 Å². The molecule has 0 N–H and O–H groups in total. The van der Waals surface area contributed by atoms with E-state index >= 15 is 0 Å². The smallest absolute Gasteiger partial charge is 0.135 e. The van der Waals surface area contributed by atoms with E-state index < -0.39 is 0 Å². The summed E-state index contributed by atoms with van der Waals surface area (Å²) in [5, 5.41) is 4.56. The summed E-state index contributed by atoms with van der Waals surface area (Å²) in [5.74, 6) is 3.53. The summed E-state index contributed by atoms with van der Waals surface area (Å²) in [4.78, 5) is 4.73. The third-order valence-corrected chi connectivity index (χ3v) is 16.7. The predicted molar refractivity (Wildman–Crippen MR) is 349 cm³/mol. The van der Waals surface area contributed by atoms with Crippen LogP contribution in [0.5, 0.6) is 23.0 Å². The largest absolute Gasteiger partial charge is 0.456 e. The summed E-state index contributed by atoms with van der Waals surface area (Å²) < 4.78 is 13.0. The molecule has 4 nitrogen and oxygen atoms in total. The van der Waals surface area contributed by atoms with Crippen LogP contribution in [0.4, 0.5) is 34.1 Å². The number of nitrogens with zero attached hydrogens (tertiary/aromatic N) is 2. The zero-order chi connectivity index (χ0) is 55.5. The second kappa shape index (κ2) is 20.4. The van der Waals surface area contributed by atoms with Crippen molar-refractivity contribution < 1.29 is 9.47 Å². The minimum absolute atomic E-state index is 0.869. The molecule has 4 heteroatoms. The molecular formula is C80H52N2O2. The lowest BCUT2D eigenvalue weighted by Gasteiger charge is -2.29. The Morgan fingerprint density at radius 1 is 0.190 bits per heavy atom. The Morgan fingerprint density at radius 3 is 1.07 bits per heavy atom. The molecule has 14 aromatic rings. The van der Waals surface area contributed by atoms with E-state index in [0.29, 0.717) is 0 Å². The molecule has 0 aromatic heterocycles. The van der Waals surface area contributed by atoms with Crippen molar-refractivity contribution >= 4 is 55.7 Å². The molecule has 0 amide bonds. The first-order valence-electron chi connectivity index (χ1n) is 28.6. The third kappa shape index (κ3) is 8.55. The second-order valence-corrected chi connectivity index (χ2v) is 21.6. The van der Waals surface area contributed by atoms with E-state index in [2.05, 4.69) is 301 Å². The first-order valence-corrected chi connectivity index (χ1v) is 28.6. The van der Waals surface area contributed by atoms with Crippen LogP contribution in [0.2, 0.25) is 0 Å². The topological polar surface area (TPSA) is 24.9 Å². The van der Waals surface area contributed by atoms with E-state index in [1.807, 2.05) is 24.3 Å². The van der Waals surface area contributed by atoms with Crippen LogP contribution in [0.1, 0.15) is 0 Å². The van der Waals surface area contributed by atoms with Gasteiger partial charge in [-0.05, 0) is 163 Å². The van der Waals surface area contributed by atoms with Crippen LogP contribution in [0.15, 0.2) is 315 Å². The molecule has 0 unspecified atom stereocenters. The number of anilines is 6. The van der Waals surface area contributed by atoms with E-state index in [1.165, 1.54) is 44.3 Å². The molecule has 0 saturated heterocycles. The predicted octanol–water partition coefficient (Wildman–Crippen LogP) is 22.8. The van der Waals surface area contributed by atoms with Crippen LogP contribution in [0, 0.1) is 0 Å². The summed E-state index contributed by atoms with van der Waals surface area (Å²) in [7, 11) is 0. The van der Waals surface area contributed by atoms with Gasteiger partial charge in [-0.25, -0.2) is 0 Å². The van der Waals surface area contributed by atoms with Gasteiger partial charge in [-0.15, -0.1) is 0 Å². The van der Waals surface area contributed by atoms with Crippen molar-refractivity contribution in [1.29, 1.82) is 0 Å². The Kier molecular flexibility index (Phi) is 11.8. The molecular weight excluding hydrogens is 1020 g/mol. The molecule has 0 spiro atoms. The minimum atomic E-state index is 0.869. The number of hydrogen-bond donors (Lipinski definition) is 0. The quantitative estimate of drug-likeness (QED) is 0.129. The molecule has 2 heterocycles. The van der Waals surface area contributed by atoms with Crippen LogP contribution in [-0.2, 0) is 0 Å². The molecule has 0 aliphatic carbocycles. The van der Waals surface area contributed by atoms with E-state index in [1.54, 1.807) is 0 Å². The van der Waals surface area contributed by atoms with E-state index in [-0.39, 0.29) is 0 Å². The Bertz CT molecular complexity index is 4790. The lowest BCUT2D eigenvalue weighted by Crippen LogP contribution is -2.11. The number of fused-ring (bicyclic) bond motifs is 4. The van der Waals surface area contributed by atoms with Crippen LogP contribution in [0.25, 0.3) is 99.4 Å². The monoisotopic (exact) mass is 1070 g/mol. The highest BCUT2D eigenvalue weighted by molar-refractivity contribution is 6.12. The van der Waals surface area contributed by atoms with Gasteiger partial charge >= 0.3 is 0 Å². The SMILES string of the molecule is c1ccc(-c2ccc(N(c3ccc(-c4ccc5c6c(cccc46)Oc4ccccc4-5)cc3)c3cccc(-c4ccc(-c5ccc(N(c6ccc(-c7ccccc7)cc6)c6ccc7c8c(cccc68)Oc6ccccc6-7)cc5)cc4)c3)cc2)cc1. The Hall–Kier alpha value is -11.2. The fraction of sp³-hybridized carbons (Fsp3) is 0. The summed E-state index contributed by atoms with van der Waals surface area (Å²) in [6.07, 6.45) is 0. The molecule has 394 valence electrons. The first-order chi connectivity index (χ1) is 41.6. The van der Waals surface area contributed by atoms with Gasteiger partial charge in [0.15, 0.2) is 0 Å². The number of rotatable bonds is 11. The van der Waals surface area contributed by atoms with Crippen molar-refractivity contribution in [3.8, 4) is 101 Å². The number of hydrogen-bond acceptors (Lipinski definition) is 4. The van der Waals surface area contributed by atoms with Crippen molar-refractivity contribution in [3.05, 3.63) is 315 Å². The lowest BCUT2D eigenvalue weighted by molar-refractivity contribution is 0.487. The molecule has 0 saturated carbocycles. The lowest BCUT2D eigenvalue weighted by atomic mass is 9.90. The fourth-order valence-electron chi connectivity index (χ4n) is 12.6. The van der Waals surface area contributed by atoms with E-state index in [0.717, 1.165) is 112 Å². The second-order valence-electron chi connectivity index (χ2n) is 21.6. The zero-order valence-corrected chi connectivity index (χ0v) is 45.7. The van der Waals surface area contributed by atoms with E-state index in [9.17, 15) is 0 Å². The molecule has 0 bridgehead atoms. The number of benzene rings is 14. The summed E-state index contributed by atoms with van der Waals surface area (Å²) in [6, 6.07) is 113. The molecule has 84 heavy (non-hydrogen) atoms. The van der Waals surface area contributed by atoms with Crippen LogP contribution in [0.3, 0.4) is 0 Å². The van der Waals surface area contributed by atoms with Crippen molar-refractivity contribution in [2.45, 2.75) is 0 Å². The normalized spacial score (nSPS) is 11.8. The van der Waals surface area contributed by atoms with Gasteiger partial charge < -0.3 is 19.3 Å². The maximum atomic E-state index is 6.55. The van der Waals surface area contributed by atoms with Gasteiger partial charge in [0.1, 0.15) is 23.0 Å². The molecule has 14 aromatic carbocycles. The first kappa shape index (κ1) is 48.7. The van der Waals surface area contributed by atoms with Gasteiger partial charge in [0, 0.05) is 55.7 Å². The molecule has 0 fully saturated rings. The summed E-state index contributed by atoms with van der Waals surface area (Å²) >= 11 is 0. The van der Waals surface area contributed by atoms with Gasteiger partial charge in [-0.2, -0.15) is 0 Å². The van der Waals surface area contributed by atoms with Crippen LogP contribution in [-0.4, -0.2) is 0 Å². The minimum Gasteiger partial charge on any atom is -0.456 e. The Balaban J connectivity index is 0.722. The maximum Gasteiger partial charge on any atom is 0.135 e. The number of ether oxygens (including phenoxy) is 2. The van der Waals surface area contributed by atoms with Gasteiger partial charge in [0.05, 0.1) is 5.69 Å². The molecule has 0 radical (unpaired) electrons. The highest BCUT2D eigenvalue weighted by atomic mass is 16.5. The average Bonchev–Trinajstić information content (AvgIpc) is 3.02.